The highest BCUT2D eigenvalue weighted by Crippen LogP contribution is 2.23. The third-order valence-corrected chi connectivity index (χ3v) is 6.66. The molecule has 15 nitrogen and oxygen atoms in total. The SMILES string of the molecule is C[C@H]1[C@H](NC(=O)C(=NOCCOc2ccc(C(=N)N)cc2CO)c2csc(N)n2)C(=O)N1S(=O)(=O)O. The molecule has 2 amide bonds. The van der Waals surface area contributed by atoms with Crippen molar-refractivity contribution < 1.29 is 37.2 Å². The summed E-state index contributed by atoms with van der Waals surface area (Å²) in [6, 6.07) is 2.35. The monoisotopic (exact) mass is 541 g/mol. The van der Waals surface area contributed by atoms with Crippen LogP contribution in [-0.4, -0.2) is 76.0 Å². The second kappa shape index (κ2) is 10.9. The van der Waals surface area contributed by atoms with Gasteiger partial charge in [0.1, 0.15) is 29.9 Å². The Morgan fingerprint density at radius 2 is 2.11 bits per heavy atom. The molecule has 1 aliphatic rings. The summed E-state index contributed by atoms with van der Waals surface area (Å²) in [7, 11) is -4.75. The number of amides is 2. The first-order chi connectivity index (χ1) is 16.9. The van der Waals surface area contributed by atoms with Gasteiger partial charge in [0.25, 0.3) is 11.8 Å². The Hall–Kier alpha value is -3.80. The number of aliphatic hydroxyl groups excluding tert-OH is 1. The molecular formula is C19H23N7O8S2. The maximum absolute atomic E-state index is 12.8. The Morgan fingerprint density at radius 3 is 2.67 bits per heavy atom. The molecule has 3 rings (SSSR count). The molecular weight excluding hydrogens is 518 g/mol. The maximum atomic E-state index is 12.8. The number of hydrogen-bond acceptors (Lipinski definition) is 12. The van der Waals surface area contributed by atoms with Crippen molar-refractivity contribution in [3.63, 3.8) is 0 Å². The van der Waals surface area contributed by atoms with Crippen LogP contribution in [0.1, 0.15) is 23.7 Å². The number of carbonyl (C=O) groups excluding carboxylic acids is 2. The molecule has 36 heavy (non-hydrogen) atoms. The van der Waals surface area contributed by atoms with Crippen LogP contribution < -0.4 is 21.5 Å². The van der Waals surface area contributed by atoms with Gasteiger partial charge in [0.2, 0.25) is 0 Å². The van der Waals surface area contributed by atoms with E-state index >= 15 is 0 Å². The molecule has 0 saturated carbocycles. The number of β-lactam (4-membered cyclic amide) rings is 1. The average molecular weight is 542 g/mol. The van der Waals surface area contributed by atoms with Crippen LogP contribution in [0, 0.1) is 5.41 Å². The quantitative estimate of drug-likeness (QED) is 0.0493. The second-order valence-electron chi connectivity index (χ2n) is 7.39. The number of carbonyl (C=O) groups is 2. The molecule has 0 unspecified atom stereocenters. The average Bonchev–Trinajstić information content (AvgIpc) is 3.24. The number of amidine groups is 1. The molecule has 1 aliphatic heterocycles. The first kappa shape index (κ1) is 26.8. The van der Waals surface area contributed by atoms with E-state index < -0.39 is 34.2 Å². The highest BCUT2D eigenvalue weighted by Gasteiger charge is 2.51. The highest BCUT2D eigenvalue weighted by atomic mass is 32.2. The van der Waals surface area contributed by atoms with E-state index in [2.05, 4.69) is 15.5 Å². The fourth-order valence-electron chi connectivity index (χ4n) is 3.22. The molecule has 0 aliphatic carbocycles. The topological polar surface area (TPSA) is 244 Å². The number of thiazole rings is 1. The van der Waals surface area contributed by atoms with Crippen molar-refractivity contribution in [3.05, 3.63) is 40.4 Å². The Balaban J connectivity index is 1.65. The summed E-state index contributed by atoms with van der Waals surface area (Å²) >= 11 is 1.03. The lowest BCUT2D eigenvalue weighted by Gasteiger charge is -2.42. The van der Waals surface area contributed by atoms with Crippen LogP contribution in [0.2, 0.25) is 0 Å². The van der Waals surface area contributed by atoms with Crippen LogP contribution in [0.25, 0.3) is 0 Å². The van der Waals surface area contributed by atoms with Crippen molar-refractivity contribution in [3.8, 4) is 5.75 Å². The predicted octanol–water partition coefficient (Wildman–Crippen LogP) is -1.18. The fraction of sp³-hybridized carbons (Fsp3) is 0.316. The summed E-state index contributed by atoms with van der Waals surface area (Å²) in [5, 5.41) is 24.7. The molecule has 1 aromatic heterocycles. The summed E-state index contributed by atoms with van der Waals surface area (Å²) < 4.78 is 37.4. The Kier molecular flexibility index (Phi) is 8.08. The van der Waals surface area contributed by atoms with Gasteiger partial charge in [0.05, 0.1) is 12.6 Å². The first-order valence-corrected chi connectivity index (χ1v) is 12.5. The molecule has 1 saturated heterocycles. The van der Waals surface area contributed by atoms with Crippen LogP contribution >= 0.6 is 11.3 Å². The molecule has 0 spiro atoms. The molecule has 17 heteroatoms. The second-order valence-corrected chi connectivity index (χ2v) is 9.57. The summed E-state index contributed by atoms with van der Waals surface area (Å²) in [4.78, 5) is 34.0. The number of hydrogen-bond donors (Lipinski definition) is 6. The fourth-order valence-corrected chi connectivity index (χ4v) is 4.66. The van der Waals surface area contributed by atoms with Crippen LogP contribution in [0.3, 0.4) is 0 Å². The lowest BCUT2D eigenvalue weighted by atomic mass is 10.0. The molecule has 0 bridgehead atoms. The zero-order valence-electron chi connectivity index (χ0n) is 18.7. The molecule has 0 radical (unpaired) electrons. The van der Waals surface area contributed by atoms with E-state index in [0.717, 1.165) is 11.3 Å². The van der Waals surface area contributed by atoms with Gasteiger partial charge in [-0.1, -0.05) is 5.16 Å². The lowest BCUT2D eigenvalue weighted by molar-refractivity contribution is -0.143. The largest absolute Gasteiger partial charge is 0.490 e. The minimum absolute atomic E-state index is 0.0362. The van der Waals surface area contributed by atoms with Gasteiger partial charge in [-0.3, -0.25) is 19.6 Å². The number of ether oxygens (including phenoxy) is 1. The third kappa shape index (κ3) is 5.88. The highest BCUT2D eigenvalue weighted by molar-refractivity contribution is 7.84. The first-order valence-electron chi connectivity index (χ1n) is 10.2. The van der Waals surface area contributed by atoms with Gasteiger partial charge < -0.3 is 31.5 Å². The number of oxime groups is 1. The third-order valence-electron chi connectivity index (χ3n) is 4.98. The van der Waals surface area contributed by atoms with E-state index in [-0.39, 0.29) is 46.5 Å². The minimum atomic E-state index is -4.75. The van der Waals surface area contributed by atoms with Crippen molar-refractivity contribution in [2.75, 3.05) is 18.9 Å². The van der Waals surface area contributed by atoms with E-state index in [4.69, 9.17) is 31.0 Å². The Labute approximate surface area is 209 Å². The van der Waals surface area contributed by atoms with Gasteiger partial charge in [-0.2, -0.15) is 8.42 Å². The minimum Gasteiger partial charge on any atom is -0.490 e. The van der Waals surface area contributed by atoms with Crippen LogP contribution in [0.4, 0.5) is 5.13 Å². The Morgan fingerprint density at radius 1 is 1.39 bits per heavy atom. The molecule has 1 fully saturated rings. The van der Waals surface area contributed by atoms with Crippen molar-refractivity contribution in [2.24, 2.45) is 10.9 Å². The zero-order valence-corrected chi connectivity index (χ0v) is 20.4. The molecule has 2 aromatic rings. The van der Waals surface area contributed by atoms with Gasteiger partial charge in [-0.05, 0) is 25.1 Å². The molecule has 8 N–H and O–H groups in total. The number of rotatable bonds is 11. The van der Waals surface area contributed by atoms with E-state index in [0.29, 0.717) is 16.9 Å². The Bertz CT molecular complexity index is 1310. The van der Waals surface area contributed by atoms with Gasteiger partial charge in [-0.25, -0.2) is 9.29 Å². The number of nitrogens with two attached hydrogens (primary N) is 2. The van der Waals surface area contributed by atoms with Gasteiger partial charge in [0, 0.05) is 16.5 Å². The van der Waals surface area contributed by atoms with E-state index in [1.807, 2.05) is 0 Å². The van der Waals surface area contributed by atoms with Crippen molar-refractivity contribution in [2.45, 2.75) is 25.6 Å². The van der Waals surface area contributed by atoms with Crippen LogP contribution in [0.15, 0.2) is 28.7 Å². The van der Waals surface area contributed by atoms with Crippen molar-refractivity contribution in [1.29, 1.82) is 5.41 Å². The summed E-state index contributed by atoms with van der Waals surface area (Å²) in [5.41, 5.74) is 11.6. The van der Waals surface area contributed by atoms with Crippen molar-refractivity contribution in [1.82, 2.24) is 14.6 Å². The van der Waals surface area contributed by atoms with Gasteiger partial charge in [-0.15, -0.1) is 11.3 Å². The number of nitrogen functional groups attached to an aromatic ring is 2. The molecule has 1 aromatic carbocycles. The molecule has 2 atom stereocenters. The molecule has 2 heterocycles. The smallest absolute Gasteiger partial charge is 0.362 e. The predicted molar refractivity (Wildman–Crippen MR) is 128 cm³/mol. The van der Waals surface area contributed by atoms with Gasteiger partial charge >= 0.3 is 10.3 Å². The van der Waals surface area contributed by atoms with Crippen LogP contribution in [-0.2, 0) is 31.3 Å². The normalized spacial score (nSPS) is 17.9. The number of aromatic nitrogens is 1. The van der Waals surface area contributed by atoms with E-state index in [9.17, 15) is 23.1 Å². The maximum Gasteiger partial charge on any atom is 0.362 e. The number of nitrogens with one attached hydrogen (secondary N) is 2. The summed E-state index contributed by atoms with van der Waals surface area (Å²) in [6.45, 7) is 0.810. The van der Waals surface area contributed by atoms with Crippen molar-refractivity contribution >= 4 is 50.1 Å². The van der Waals surface area contributed by atoms with Crippen LogP contribution in [0.5, 0.6) is 5.75 Å². The number of benzene rings is 1. The number of nitrogens with zero attached hydrogens (tertiary/aromatic N) is 3. The molecule has 194 valence electrons. The standard InChI is InChI=1S/C19H23N7O8S2/c1-9-14(18(29)26(9)36(30,31)32)24-17(28)15(12-8-35-19(22)23-12)25-34-5-4-33-13-3-2-10(16(20)21)6-11(13)7-27/h2-3,6,8-9,14,27H,4-5,7H2,1H3,(H3,20,21)(H2,22,23)(H,24,28)(H,30,31,32)/t9-,14-/m0/s1. The summed E-state index contributed by atoms with van der Waals surface area (Å²) in [5.74, 6) is -1.73. The zero-order chi connectivity index (χ0) is 26.6. The lowest BCUT2D eigenvalue weighted by Crippen LogP contribution is -2.71. The van der Waals surface area contributed by atoms with E-state index in [1.165, 1.54) is 24.4 Å². The van der Waals surface area contributed by atoms with Gasteiger partial charge in [0.15, 0.2) is 17.5 Å². The number of anilines is 1. The summed E-state index contributed by atoms with van der Waals surface area (Å²) in [6.07, 6.45) is 0. The van der Waals surface area contributed by atoms with E-state index in [1.54, 1.807) is 6.07 Å². The number of aliphatic hydroxyl groups is 1.